The molecule has 4 nitrogen and oxygen atoms in total. The number of hydrogen-bond donors (Lipinski definition) is 1. The van der Waals surface area contributed by atoms with Gasteiger partial charge in [0.25, 0.3) is 5.91 Å². The van der Waals surface area contributed by atoms with Crippen LogP contribution in [0.5, 0.6) is 0 Å². The first-order chi connectivity index (χ1) is 8.25. The van der Waals surface area contributed by atoms with E-state index in [1.807, 2.05) is 0 Å². The van der Waals surface area contributed by atoms with E-state index in [-0.39, 0.29) is 5.91 Å². The summed E-state index contributed by atoms with van der Waals surface area (Å²) in [7, 11) is 0. The Kier molecular flexibility index (Phi) is 4.03. The van der Waals surface area contributed by atoms with Gasteiger partial charge in [0.15, 0.2) is 0 Å². The van der Waals surface area contributed by atoms with Crippen LogP contribution in [0.2, 0.25) is 0 Å². The fraction of sp³-hybridized carbons (Fsp3) is 0.500. The number of amides is 1. The molecule has 0 bridgehead atoms. The maximum Gasteiger partial charge on any atom is 0.252 e. The van der Waals surface area contributed by atoms with Gasteiger partial charge in [0.05, 0.1) is 12.2 Å². The van der Waals surface area contributed by atoms with Gasteiger partial charge < -0.3 is 10.1 Å². The van der Waals surface area contributed by atoms with Crippen LogP contribution in [0.4, 0.5) is 4.39 Å². The summed E-state index contributed by atoms with van der Waals surface area (Å²) in [5.41, 5.74) is 0.355. The summed E-state index contributed by atoms with van der Waals surface area (Å²) >= 11 is 0. The van der Waals surface area contributed by atoms with E-state index in [9.17, 15) is 9.18 Å². The molecule has 1 saturated carbocycles. The normalized spacial score (nSPS) is 14.6. The second-order valence-corrected chi connectivity index (χ2v) is 4.14. The smallest absolute Gasteiger partial charge is 0.252 e. The summed E-state index contributed by atoms with van der Waals surface area (Å²) in [6.07, 6.45) is 3.73. The minimum atomic E-state index is -0.589. The molecule has 0 unspecified atom stereocenters. The Morgan fingerprint density at radius 2 is 2.35 bits per heavy atom. The predicted molar refractivity (Wildman–Crippen MR) is 60.1 cm³/mol. The fourth-order valence-corrected chi connectivity index (χ4v) is 1.38. The minimum Gasteiger partial charge on any atom is -0.379 e. The van der Waals surface area contributed by atoms with E-state index in [1.165, 1.54) is 31.2 Å². The van der Waals surface area contributed by atoms with Crippen molar-refractivity contribution in [1.82, 2.24) is 10.3 Å². The van der Waals surface area contributed by atoms with Crippen LogP contribution in [0.1, 0.15) is 23.2 Å². The number of nitrogens with zero attached hydrogens (tertiary/aromatic N) is 1. The molecule has 1 aromatic heterocycles. The monoisotopic (exact) mass is 238 g/mol. The van der Waals surface area contributed by atoms with Crippen molar-refractivity contribution in [2.75, 3.05) is 19.8 Å². The van der Waals surface area contributed by atoms with Gasteiger partial charge >= 0.3 is 0 Å². The van der Waals surface area contributed by atoms with Gasteiger partial charge in [-0.3, -0.25) is 4.79 Å². The van der Waals surface area contributed by atoms with Crippen LogP contribution in [-0.4, -0.2) is 30.6 Å². The van der Waals surface area contributed by atoms with Gasteiger partial charge in [-0.25, -0.2) is 4.98 Å². The summed E-state index contributed by atoms with van der Waals surface area (Å²) in [6.45, 7) is 1.76. The number of aromatic nitrogens is 1. The third-order valence-corrected chi connectivity index (χ3v) is 2.57. The Hall–Kier alpha value is -1.49. The van der Waals surface area contributed by atoms with E-state index < -0.39 is 5.95 Å². The van der Waals surface area contributed by atoms with Crippen molar-refractivity contribution in [3.63, 3.8) is 0 Å². The zero-order valence-corrected chi connectivity index (χ0v) is 9.49. The number of nitrogens with one attached hydrogen (secondary N) is 1. The van der Waals surface area contributed by atoms with Crippen molar-refractivity contribution in [3.8, 4) is 0 Å². The third-order valence-electron chi connectivity index (χ3n) is 2.57. The second kappa shape index (κ2) is 5.72. The van der Waals surface area contributed by atoms with Crippen LogP contribution in [0.15, 0.2) is 18.3 Å². The highest BCUT2D eigenvalue weighted by atomic mass is 19.1. The van der Waals surface area contributed by atoms with Gasteiger partial charge in [0, 0.05) is 19.3 Å². The van der Waals surface area contributed by atoms with Crippen molar-refractivity contribution >= 4 is 5.91 Å². The van der Waals surface area contributed by atoms with Crippen LogP contribution >= 0.6 is 0 Å². The molecule has 1 aromatic rings. The summed E-state index contributed by atoms with van der Waals surface area (Å²) in [5, 5.41) is 2.69. The van der Waals surface area contributed by atoms with Crippen molar-refractivity contribution in [1.29, 1.82) is 0 Å². The van der Waals surface area contributed by atoms with Crippen molar-refractivity contribution < 1.29 is 13.9 Å². The molecule has 1 aliphatic rings. The van der Waals surface area contributed by atoms with E-state index in [1.54, 1.807) is 0 Å². The van der Waals surface area contributed by atoms with E-state index in [0.717, 1.165) is 12.5 Å². The van der Waals surface area contributed by atoms with Crippen molar-refractivity contribution in [3.05, 3.63) is 29.8 Å². The van der Waals surface area contributed by atoms with Crippen LogP contribution < -0.4 is 5.32 Å². The fourth-order valence-electron chi connectivity index (χ4n) is 1.38. The molecular weight excluding hydrogens is 223 g/mol. The molecule has 5 heteroatoms. The molecule has 2 rings (SSSR count). The van der Waals surface area contributed by atoms with Gasteiger partial charge in [-0.15, -0.1) is 0 Å². The first-order valence-electron chi connectivity index (χ1n) is 5.73. The molecule has 1 N–H and O–H groups in total. The van der Waals surface area contributed by atoms with Gasteiger partial charge in [-0.1, -0.05) is 0 Å². The van der Waals surface area contributed by atoms with Crippen LogP contribution in [0.3, 0.4) is 0 Å². The lowest BCUT2D eigenvalue weighted by Crippen LogP contribution is -2.27. The molecule has 0 aliphatic heterocycles. The molecule has 1 heterocycles. The largest absolute Gasteiger partial charge is 0.379 e. The molecule has 0 saturated heterocycles. The predicted octanol–water partition coefficient (Wildman–Crippen LogP) is 1.38. The maximum absolute atomic E-state index is 12.5. The van der Waals surface area contributed by atoms with Gasteiger partial charge in [0.2, 0.25) is 5.95 Å². The first kappa shape index (κ1) is 12.0. The highest BCUT2D eigenvalue weighted by Gasteiger charge is 2.20. The summed E-state index contributed by atoms with van der Waals surface area (Å²) in [6, 6.07) is 2.57. The average molecular weight is 238 g/mol. The molecule has 0 spiro atoms. The van der Waals surface area contributed by atoms with Crippen molar-refractivity contribution in [2.24, 2.45) is 5.92 Å². The molecule has 92 valence electrons. The lowest BCUT2D eigenvalue weighted by Gasteiger charge is -2.05. The highest BCUT2D eigenvalue weighted by molar-refractivity contribution is 5.93. The standard InChI is InChI=1S/C12H15FN2O2/c13-11-4-3-10(7-15-11)12(16)14-5-6-17-8-9-1-2-9/h3-4,7,9H,1-2,5-6,8H2,(H,14,16). The lowest BCUT2D eigenvalue weighted by molar-refractivity contribution is 0.0906. The number of halogens is 1. The molecule has 0 atom stereocenters. The van der Waals surface area contributed by atoms with Gasteiger partial charge in [-0.05, 0) is 30.9 Å². The third kappa shape index (κ3) is 4.11. The van der Waals surface area contributed by atoms with E-state index in [0.29, 0.717) is 18.7 Å². The van der Waals surface area contributed by atoms with E-state index in [2.05, 4.69) is 10.3 Å². The van der Waals surface area contributed by atoms with E-state index in [4.69, 9.17) is 4.74 Å². The Labute approximate surface area is 99.2 Å². The summed E-state index contributed by atoms with van der Waals surface area (Å²) in [4.78, 5) is 15.0. The highest BCUT2D eigenvalue weighted by Crippen LogP contribution is 2.28. The lowest BCUT2D eigenvalue weighted by atomic mass is 10.3. The number of pyridine rings is 1. The Morgan fingerprint density at radius 1 is 1.53 bits per heavy atom. The molecule has 0 radical (unpaired) electrons. The Bertz CT molecular complexity index is 377. The Morgan fingerprint density at radius 3 is 3.00 bits per heavy atom. The van der Waals surface area contributed by atoms with Gasteiger partial charge in [0.1, 0.15) is 0 Å². The van der Waals surface area contributed by atoms with Crippen molar-refractivity contribution in [2.45, 2.75) is 12.8 Å². The molecular formula is C12H15FN2O2. The zero-order chi connectivity index (χ0) is 12.1. The molecule has 0 aromatic carbocycles. The number of rotatable bonds is 6. The Balaban J connectivity index is 1.64. The second-order valence-electron chi connectivity index (χ2n) is 4.14. The minimum absolute atomic E-state index is 0.257. The number of carbonyl (C=O) groups is 1. The molecule has 1 fully saturated rings. The average Bonchev–Trinajstić information content (AvgIpc) is 3.13. The zero-order valence-electron chi connectivity index (χ0n) is 9.49. The quantitative estimate of drug-likeness (QED) is 0.601. The number of ether oxygens (including phenoxy) is 1. The molecule has 1 aliphatic carbocycles. The van der Waals surface area contributed by atoms with E-state index >= 15 is 0 Å². The SMILES string of the molecule is O=C(NCCOCC1CC1)c1ccc(F)nc1. The van der Waals surface area contributed by atoms with Gasteiger partial charge in [-0.2, -0.15) is 4.39 Å². The van der Waals surface area contributed by atoms with Crippen LogP contribution in [0, 0.1) is 11.9 Å². The van der Waals surface area contributed by atoms with Crippen LogP contribution in [-0.2, 0) is 4.74 Å². The molecule has 17 heavy (non-hydrogen) atoms. The topological polar surface area (TPSA) is 51.2 Å². The maximum atomic E-state index is 12.5. The number of hydrogen-bond acceptors (Lipinski definition) is 3. The number of carbonyl (C=O) groups excluding carboxylic acids is 1. The summed E-state index contributed by atoms with van der Waals surface area (Å²) < 4.78 is 17.9. The summed E-state index contributed by atoms with van der Waals surface area (Å²) in [5.74, 6) is -0.117. The van der Waals surface area contributed by atoms with Crippen LogP contribution in [0.25, 0.3) is 0 Å². The molecule has 1 amide bonds. The first-order valence-corrected chi connectivity index (χ1v) is 5.73.